The van der Waals surface area contributed by atoms with Gasteiger partial charge in [-0.25, -0.2) is 4.79 Å². The van der Waals surface area contributed by atoms with Gasteiger partial charge in [0.2, 0.25) is 0 Å². The van der Waals surface area contributed by atoms with Crippen molar-refractivity contribution in [2.75, 3.05) is 0 Å². The van der Waals surface area contributed by atoms with Crippen LogP contribution in [0, 0.1) is 18.3 Å². The summed E-state index contributed by atoms with van der Waals surface area (Å²) in [6.45, 7) is 1.76. The highest BCUT2D eigenvalue weighted by Crippen LogP contribution is 2.19. The van der Waals surface area contributed by atoms with E-state index in [0.717, 1.165) is 5.56 Å². The van der Waals surface area contributed by atoms with Crippen molar-refractivity contribution in [2.24, 2.45) is 0 Å². The van der Waals surface area contributed by atoms with Gasteiger partial charge in [0.05, 0.1) is 11.6 Å². The summed E-state index contributed by atoms with van der Waals surface area (Å²) < 4.78 is 0. The van der Waals surface area contributed by atoms with Gasteiger partial charge in [-0.3, -0.25) is 0 Å². The summed E-state index contributed by atoms with van der Waals surface area (Å²) in [5.74, 6) is -1.35. The first-order chi connectivity index (χ1) is 6.56. The summed E-state index contributed by atoms with van der Waals surface area (Å²) in [6.07, 6.45) is -1.63. The molecule has 0 heterocycles. The molecule has 0 fully saturated rings. The van der Waals surface area contributed by atoms with Gasteiger partial charge < -0.3 is 10.2 Å². The molecule has 0 aliphatic heterocycles. The molecule has 1 aromatic rings. The van der Waals surface area contributed by atoms with Crippen molar-refractivity contribution >= 4 is 5.97 Å². The number of carboxylic acids is 1. The molecule has 0 amide bonds. The number of nitriles is 1. The summed E-state index contributed by atoms with van der Waals surface area (Å²) in [7, 11) is 0. The predicted molar refractivity (Wildman–Crippen MR) is 48.5 cm³/mol. The van der Waals surface area contributed by atoms with Crippen LogP contribution in [0.1, 0.15) is 22.8 Å². The molecule has 1 aromatic carbocycles. The maximum absolute atomic E-state index is 10.5. The zero-order valence-electron chi connectivity index (χ0n) is 7.56. The molecule has 0 saturated heterocycles. The number of hydrogen-bond donors (Lipinski definition) is 2. The Hall–Kier alpha value is -1.86. The van der Waals surface area contributed by atoms with Crippen LogP contribution in [0.3, 0.4) is 0 Å². The monoisotopic (exact) mass is 191 g/mol. The fourth-order valence-electron chi connectivity index (χ4n) is 1.14. The molecule has 0 radical (unpaired) electrons. The molecule has 4 heteroatoms. The highest BCUT2D eigenvalue weighted by Gasteiger charge is 2.19. The number of hydrogen-bond acceptors (Lipinski definition) is 3. The number of rotatable bonds is 2. The van der Waals surface area contributed by atoms with Crippen LogP contribution in [0.15, 0.2) is 18.2 Å². The van der Waals surface area contributed by atoms with Gasteiger partial charge in [-0.2, -0.15) is 5.26 Å². The van der Waals surface area contributed by atoms with Crippen molar-refractivity contribution in [2.45, 2.75) is 13.0 Å². The second-order valence-corrected chi connectivity index (χ2v) is 2.94. The summed E-state index contributed by atoms with van der Waals surface area (Å²) in [5.41, 5.74) is 1.13. The summed E-state index contributed by atoms with van der Waals surface area (Å²) in [6, 6.07) is 6.52. The molecule has 0 saturated carbocycles. The molecule has 0 aliphatic rings. The molecule has 1 unspecified atom stereocenters. The van der Waals surface area contributed by atoms with Crippen LogP contribution >= 0.6 is 0 Å². The minimum absolute atomic E-state index is 0.139. The van der Waals surface area contributed by atoms with Gasteiger partial charge in [0, 0.05) is 5.56 Å². The number of aliphatic carboxylic acids is 1. The van der Waals surface area contributed by atoms with Crippen LogP contribution < -0.4 is 0 Å². The molecule has 0 bridgehead atoms. The average molecular weight is 191 g/mol. The second kappa shape index (κ2) is 3.90. The van der Waals surface area contributed by atoms with Crippen molar-refractivity contribution in [3.8, 4) is 6.07 Å². The molecular formula is C10H9NO3. The van der Waals surface area contributed by atoms with E-state index < -0.39 is 12.1 Å². The van der Waals surface area contributed by atoms with Crippen LogP contribution in [-0.2, 0) is 4.79 Å². The molecule has 1 atom stereocenters. The van der Waals surface area contributed by atoms with E-state index in [0.29, 0.717) is 0 Å². The Bertz CT molecular complexity index is 406. The van der Waals surface area contributed by atoms with Gasteiger partial charge in [0.25, 0.3) is 0 Å². The zero-order valence-corrected chi connectivity index (χ0v) is 7.56. The first-order valence-electron chi connectivity index (χ1n) is 3.97. The van der Waals surface area contributed by atoms with E-state index in [1.807, 2.05) is 6.07 Å². The largest absolute Gasteiger partial charge is 0.479 e. The van der Waals surface area contributed by atoms with Crippen molar-refractivity contribution in [3.63, 3.8) is 0 Å². The Morgan fingerprint density at radius 1 is 1.57 bits per heavy atom. The van der Waals surface area contributed by atoms with Crippen LogP contribution in [0.2, 0.25) is 0 Å². The molecular weight excluding hydrogens is 182 g/mol. The third-order valence-electron chi connectivity index (χ3n) is 1.86. The molecule has 0 aliphatic carbocycles. The van der Waals surface area contributed by atoms with E-state index in [9.17, 15) is 9.90 Å². The van der Waals surface area contributed by atoms with E-state index in [2.05, 4.69) is 0 Å². The Balaban J connectivity index is 3.25. The van der Waals surface area contributed by atoms with Crippen molar-refractivity contribution in [1.82, 2.24) is 0 Å². The summed E-state index contributed by atoms with van der Waals surface area (Å²) >= 11 is 0. The molecule has 4 nitrogen and oxygen atoms in total. The van der Waals surface area contributed by atoms with Crippen LogP contribution in [-0.4, -0.2) is 16.2 Å². The highest BCUT2D eigenvalue weighted by molar-refractivity contribution is 5.75. The zero-order chi connectivity index (χ0) is 10.7. The lowest BCUT2D eigenvalue weighted by Crippen LogP contribution is -2.12. The Labute approximate surface area is 81.0 Å². The van der Waals surface area contributed by atoms with E-state index in [1.54, 1.807) is 13.0 Å². The van der Waals surface area contributed by atoms with E-state index in [-0.39, 0.29) is 11.1 Å². The number of carbonyl (C=O) groups is 1. The summed E-state index contributed by atoms with van der Waals surface area (Å²) in [4.78, 5) is 10.5. The van der Waals surface area contributed by atoms with Crippen molar-refractivity contribution < 1.29 is 15.0 Å². The first-order valence-corrected chi connectivity index (χ1v) is 3.97. The third kappa shape index (κ3) is 1.90. The van der Waals surface area contributed by atoms with Crippen molar-refractivity contribution in [1.29, 1.82) is 5.26 Å². The fraction of sp³-hybridized carbons (Fsp3) is 0.200. The molecule has 1 rings (SSSR count). The minimum atomic E-state index is -1.63. The Morgan fingerprint density at radius 2 is 2.21 bits per heavy atom. The SMILES string of the molecule is Cc1ccc(C#N)c(C(O)C(=O)O)c1. The van der Waals surface area contributed by atoms with Gasteiger partial charge in [-0.05, 0) is 13.0 Å². The third-order valence-corrected chi connectivity index (χ3v) is 1.86. The normalized spacial score (nSPS) is 11.8. The maximum Gasteiger partial charge on any atom is 0.337 e. The number of aliphatic hydroxyl groups excluding tert-OH is 1. The fourth-order valence-corrected chi connectivity index (χ4v) is 1.14. The lowest BCUT2D eigenvalue weighted by atomic mass is 10.0. The Morgan fingerprint density at radius 3 is 2.71 bits per heavy atom. The van der Waals surface area contributed by atoms with Gasteiger partial charge >= 0.3 is 5.97 Å². The van der Waals surface area contributed by atoms with Gasteiger partial charge in [0.15, 0.2) is 6.10 Å². The molecule has 0 aromatic heterocycles. The lowest BCUT2D eigenvalue weighted by molar-refractivity contribution is -0.146. The molecule has 2 N–H and O–H groups in total. The van der Waals surface area contributed by atoms with Crippen LogP contribution in [0.5, 0.6) is 0 Å². The maximum atomic E-state index is 10.5. The van der Waals surface area contributed by atoms with Gasteiger partial charge in [0.1, 0.15) is 0 Å². The van der Waals surface area contributed by atoms with E-state index in [4.69, 9.17) is 10.4 Å². The predicted octanol–water partition coefficient (Wildman–Crippen LogP) is 0.985. The number of aliphatic hydroxyl groups is 1. The lowest BCUT2D eigenvalue weighted by Gasteiger charge is -2.08. The minimum Gasteiger partial charge on any atom is -0.479 e. The summed E-state index contributed by atoms with van der Waals surface area (Å²) in [5, 5.41) is 26.6. The molecule has 72 valence electrons. The quantitative estimate of drug-likeness (QED) is 0.730. The van der Waals surface area contributed by atoms with Gasteiger partial charge in [-0.1, -0.05) is 17.7 Å². The second-order valence-electron chi connectivity index (χ2n) is 2.94. The standard InChI is InChI=1S/C10H9NO3/c1-6-2-3-7(5-11)8(4-6)9(12)10(13)14/h2-4,9,12H,1H3,(H,13,14). The van der Waals surface area contributed by atoms with E-state index >= 15 is 0 Å². The highest BCUT2D eigenvalue weighted by atomic mass is 16.4. The average Bonchev–Trinajstić information content (AvgIpc) is 2.16. The topological polar surface area (TPSA) is 81.3 Å². The smallest absolute Gasteiger partial charge is 0.337 e. The Kier molecular flexibility index (Phi) is 2.85. The number of benzene rings is 1. The molecule has 0 spiro atoms. The number of nitrogens with zero attached hydrogens (tertiary/aromatic N) is 1. The van der Waals surface area contributed by atoms with Crippen molar-refractivity contribution in [3.05, 3.63) is 34.9 Å². The number of carboxylic acid groups (broad SMARTS) is 1. The van der Waals surface area contributed by atoms with E-state index in [1.165, 1.54) is 12.1 Å². The number of aryl methyl sites for hydroxylation is 1. The van der Waals surface area contributed by atoms with Crippen LogP contribution in [0.25, 0.3) is 0 Å². The van der Waals surface area contributed by atoms with Gasteiger partial charge in [-0.15, -0.1) is 0 Å². The first kappa shape index (κ1) is 10.2. The molecule has 14 heavy (non-hydrogen) atoms. The van der Waals surface area contributed by atoms with Crippen LogP contribution in [0.4, 0.5) is 0 Å².